The molecule has 0 spiro atoms. The zero-order valence-corrected chi connectivity index (χ0v) is 16.2. The van der Waals surface area contributed by atoms with Crippen LogP contribution in [0.5, 0.6) is 5.75 Å². The van der Waals surface area contributed by atoms with Crippen LogP contribution in [0.15, 0.2) is 65.3 Å². The van der Waals surface area contributed by atoms with E-state index in [0.717, 1.165) is 17.5 Å². The summed E-state index contributed by atoms with van der Waals surface area (Å²) < 4.78 is 5.49. The quantitative estimate of drug-likeness (QED) is 0.554. The molecule has 3 aromatic rings. The predicted molar refractivity (Wildman–Crippen MR) is 109 cm³/mol. The smallest absolute Gasteiger partial charge is 0.255 e. The number of rotatable bonds is 6. The minimum Gasteiger partial charge on any atom is -0.508 e. The number of furan rings is 1. The Morgan fingerprint density at radius 1 is 1.00 bits per heavy atom. The molecule has 0 unspecified atom stereocenters. The molecule has 0 bridgehead atoms. The van der Waals surface area contributed by atoms with Gasteiger partial charge in [0.05, 0.1) is 6.26 Å². The molecular formula is C23H23NO4. The fourth-order valence-electron chi connectivity index (χ4n) is 2.66. The molecule has 2 aromatic carbocycles. The molecule has 0 radical (unpaired) electrons. The monoisotopic (exact) mass is 377 g/mol. The van der Waals surface area contributed by atoms with E-state index in [0.29, 0.717) is 17.0 Å². The van der Waals surface area contributed by atoms with Gasteiger partial charge in [-0.25, -0.2) is 0 Å². The van der Waals surface area contributed by atoms with Crippen molar-refractivity contribution in [2.75, 3.05) is 5.32 Å². The molecule has 3 rings (SSSR count). The molecule has 0 saturated carbocycles. The number of phenolic OH excluding ortho intramolecular Hbond substituents is 1. The molecule has 5 nitrogen and oxygen atoms in total. The van der Waals surface area contributed by atoms with E-state index in [1.165, 1.54) is 12.1 Å². The maximum atomic E-state index is 12.5. The molecule has 0 atom stereocenters. The summed E-state index contributed by atoms with van der Waals surface area (Å²) in [7, 11) is 0. The second-order valence-electron chi connectivity index (χ2n) is 7.34. The average molecular weight is 377 g/mol. The van der Waals surface area contributed by atoms with E-state index in [-0.39, 0.29) is 17.4 Å². The van der Waals surface area contributed by atoms with Gasteiger partial charge in [-0.2, -0.15) is 0 Å². The van der Waals surface area contributed by atoms with Crippen molar-refractivity contribution in [3.8, 4) is 16.9 Å². The first-order chi connectivity index (χ1) is 13.3. The standard InChI is InChI=1S/C23H23NO4/c1-4-23(2,3)21(26)20-13-17(14-28-20)15-5-9-18(10-6-15)24-22(27)16-7-11-19(25)12-8-16/h5-14,25H,4H2,1-3H3,(H,24,27). The van der Waals surface area contributed by atoms with Crippen molar-refractivity contribution in [1.29, 1.82) is 0 Å². The van der Waals surface area contributed by atoms with Gasteiger partial charge in [0.1, 0.15) is 5.75 Å². The van der Waals surface area contributed by atoms with Crippen molar-refractivity contribution in [2.45, 2.75) is 27.2 Å². The number of carbonyl (C=O) groups excluding carboxylic acids is 2. The summed E-state index contributed by atoms with van der Waals surface area (Å²) in [6.45, 7) is 5.79. The Morgan fingerprint density at radius 3 is 2.25 bits per heavy atom. The number of ketones is 1. The number of hydrogen-bond donors (Lipinski definition) is 2. The predicted octanol–water partition coefficient (Wildman–Crippen LogP) is 5.52. The van der Waals surface area contributed by atoms with Crippen LogP contribution in [0.3, 0.4) is 0 Å². The Balaban J connectivity index is 1.72. The Kier molecular flexibility index (Phi) is 5.36. The molecule has 0 aliphatic carbocycles. The summed E-state index contributed by atoms with van der Waals surface area (Å²) >= 11 is 0. The van der Waals surface area contributed by atoms with Crippen LogP contribution in [-0.2, 0) is 0 Å². The number of anilines is 1. The topological polar surface area (TPSA) is 79.5 Å². The second-order valence-corrected chi connectivity index (χ2v) is 7.34. The van der Waals surface area contributed by atoms with Crippen LogP contribution in [-0.4, -0.2) is 16.8 Å². The minimum absolute atomic E-state index is 0.0148. The third kappa shape index (κ3) is 4.14. The minimum atomic E-state index is -0.461. The molecule has 0 aliphatic rings. The molecule has 1 aromatic heterocycles. The Hall–Kier alpha value is -3.34. The number of phenols is 1. The molecule has 1 amide bonds. The number of benzene rings is 2. The molecule has 2 N–H and O–H groups in total. The summed E-state index contributed by atoms with van der Waals surface area (Å²) in [6.07, 6.45) is 2.31. The highest BCUT2D eigenvalue weighted by atomic mass is 16.3. The van der Waals surface area contributed by atoms with Crippen molar-refractivity contribution >= 4 is 17.4 Å². The molecular weight excluding hydrogens is 354 g/mol. The molecule has 0 saturated heterocycles. The Morgan fingerprint density at radius 2 is 1.64 bits per heavy atom. The fourth-order valence-corrected chi connectivity index (χ4v) is 2.66. The molecule has 28 heavy (non-hydrogen) atoms. The van der Waals surface area contributed by atoms with Crippen LogP contribution in [0.4, 0.5) is 5.69 Å². The van der Waals surface area contributed by atoms with Crippen molar-refractivity contribution in [3.05, 3.63) is 72.2 Å². The van der Waals surface area contributed by atoms with Gasteiger partial charge in [-0.3, -0.25) is 9.59 Å². The lowest BCUT2D eigenvalue weighted by Crippen LogP contribution is -2.22. The number of Topliss-reactive ketones (excluding diaryl/α,β-unsaturated/α-hetero) is 1. The SMILES string of the molecule is CCC(C)(C)C(=O)c1cc(-c2ccc(NC(=O)c3ccc(O)cc3)cc2)co1. The van der Waals surface area contributed by atoms with Gasteiger partial charge in [0, 0.05) is 22.2 Å². The Bertz CT molecular complexity index is 982. The molecule has 144 valence electrons. The van der Waals surface area contributed by atoms with Crippen LogP contribution in [0.2, 0.25) is 0 Å². The zero-order chi connectivity index (χ0) is 20.3. The highest BCUT2D eigenvalue weighted by Crippen LogP contribution is 2.30. The first kappa shape index (κ1) is 19.4. The van der Waals surface area contributed by atoms with Crippen LogP contribution < -0.4 is 5.32 Å². The summed E-state index contributed by atoms with van der Waals surface area (Å²) in [5.41, 5.74) is 2.34. The number of carbonyl (C=O) groups is 2. The highest BCUT2D eigenvalue weighted by molar-refractivity contribution is 6.04. The van der Waals surface area contributed by atoms with Crippen LogP contribution in [0, 0.1) is 5.41 Å². The van der Waals surface area contributed by atoms with Crippen LogP contribution in [0.1, 0.15) is 48.1 Å². The summed E-state index contributed by atoms with van der Waals surface area (Å²) in [4.78, 5) is 24.8. The number of nitrogens with one attached hydrogen (secondary N) is 1. The average Bonchev–Trinajstić information content (AvgIpc) is 3.18. The highest BCUT2D eigenvalue weighted by Gasteiger charge is 2.29. The van der Waals surface area contributed by atoms with Gasteiger partial charge in [0.15, 0.2) is 5.76 Å². The van der Waals surface area contributed by atoms with Crippen molar-refractivity contribution in [3.63, 3.8) is 0 Å². The van der Waals surface area contributed by atoms with Gasteiger partial charge >= 0.3 is 0 Å². The van der Waals surface area contributed by atoms with E-state index >= 15 is 0 Å². The van der Waals surface area contributed by atoms with Gasteiger partial charge in [0.2, 0.25) is 5.78 Å². The molecule has 0 aliphatic heterocycles. The van der Waals surface area contributed by atoms with Crippen LogP contribution >= 0.6 is 0 Å². The van der Waals surface area contributed by atoms with Gasteiger partial charge < -0.3 is 14.8 Å². The largest absolute Gasteiger partial charge is 0.508 e. The fraction of sp³-hybridized carbons (Fsp3) is 0.217. The summed E-state index contributed by atoms with van der Waals surface area (Å²) in [5, 5.41) is 12.1. The Labute approximate surface area is 164 Å². The second kappa shape index (κ2) is 7.72. The van der Waals surface area contributed by atoms with E-state index in [4.69, 9.17) is 4.42 Å². The van der Waals surface area contributed by atoms with E-state index < -0.39 is 5.41 Å². The number of aromatic hydroxyl groups is 1. The normalized spacial score (nSPS) is 11.2. The third-order valence-corrected chi connectivity index (χ3v) is 4.93. The maximum Gasteiger partial charge on any atom is 0.255 e. The van der Waals surface area contributed by atoms with E-state index in [1.807, 2.05) is 32.9 Å². The lowest BCUT2D eigenvalue weighted by molar-refractivity contribution is 0.0802. The van der Waals surface area contributed by atoms with Crippen LogP contribution in [0.25, 0.3) is 11.1 Å². The first-order valence-corrected chi connectivity index (χ1v) is 9.14. The molecule has 5 heteroatoms. The zero-order valence-electron chi connectivity index (χ0n) is 16.2. The summed E-state index contributed by atoms with van der Waals surface area (Å²) in [6, 6.07) is 15.1. The summed E-state index contributed by atoms with van der Waals surface area (Å²) in [5.74, 6) is 0.192. The number of amides is 1. The van der Waals surface area contributed by atoms with E-state index in [2.05, 4.69) is 5.32 Å². The van der Waals surface area contributed by atoms with Crippen molar-refractivity contribution < 1.29 is 19.1 Å². The van der Waals surface area contributed by atoms with Gasteiger partial charge in [-0.1, -0.05) is 32.9 Å². The first-order valence-electron chi connectivity index (χ1n) is 9.14. The van der Waals surface area contributed by atoms with Gasteiger partial charge in [0.25, 0.3) is 5.91 Å². The van der Waals surface area contributed by atoms with Gasteiger partial charge in [-0.15, -0.1) is 0 Å². The van der Waals surface area contributed by atoms with Crippen molar-refractivity contribution in [2.24, 2.45) is 5.41 Å². The van der Waals surface area contributed by atoms with Crippen molar-refractivity contribution in [1.82, 2.24) is 0 Å². The lowest BCUT2D eigenvalue weighted by atomic mass is 9.84. The van der Waals surface area contributed by atoms with Gasteiger partial charge in [-0.05, 0) is 54.4 Å². The molecule has 1 heterocycles. The third-order valence-electron chi connectivity index (χ3n) is 4.93. The van der Waals surface area contributed by atoms with E-state index in [1.54, 1.807) is 36.6 Å². The number of hydrogen-bond acceptors (Lipinski definition) is 4. The lowest BCUT2D eigenvalue weighted by Gasteiger charge is -2.18. The molecule has 0 fully saturated rings. The maximum absolute atomic E-state index is 12.5. The van der Waals surface area contributed by atoms with E-state index in [9.17, 15) is 14.7 Å².